The van der Waals surface area contributed by atoms with Crippen LogP contribution in [0.1, 0.15) is 36.1 Å². The molecule has 0 spiro atoms. The van der Waals surface area contributed by atoms with Crippen molar-refractivity contribution in [3.8, 4) is 11.1 Å². The number of ketones is 2. The largest absolute Gasteiger partial charge is 0.324 e. The lowest BCUT2D eigenvalue weighted by Crippen LogP contribution is -2.31. The third-order valence-corrected chi connectivity index (χ3v) is 8.21. The van der Waals surface area contributed by atoms with Crippen LogP contribution in [0.4, 0.5) is 22.7 Å². The first-order valence-corrected chi connectivity index (χ1v) is 15.7. The van der Waals surface area contributed by atoms with Crippen LogP contribution in [0.5, 0.6) is 0 Å². The number of Topliss-reactive ketones (excluding diaryl/α,β-unsaturated/α-hetero) is 2. The second-order valence-corrected chi connectivity index (χ2v) is 12.2. The number of nitrogens with one attached hydrogen (secondary N) is 2. The molecule has 0 heterocycles. The lowest BCUT2D eigenvalue weighted by molar-refractivity contribution is -0.127. The minimum atomic E-state index is -1.35. The van der Waals surface area contributed by atoms with Crippen molar-refractivity contribution in [3.63, 3.8) is 0 Å². The highest BCUT2D eigenvalue weighted by atomic mass is 35.5. The van der Waals surface area contributed by atoms with Crippen molar-refractivity contribution in [2.75, 3.05) is 10.6 Å². The van der Waals surface area contributed by atoms with Crippen molar-refractivity contribution in [2.45, 2.75) is 53.6 Å². The topological polar surface area (TPSA) is 142 Å². The van der Waals surface area contributed by atoms with Crippen LogP contribution >= 0.6 is 23.2 Å². The summed E-state index contributed by atoms with van der Waals surface area (Å²) in [7, 11) is 0. The zero-order valence-corrected chi connectivity index (χ0v) is 28.8. The molecule has 246 valence electrons. The molecule has 0 saturated carbocycles. The van der Waals surface area contributed by atoms with Crippen LogP contribution in [0, 0.1) is 27.7 Å². The highest BCUT2D eigenvalue weighted by Gasteiger charge is 2.24. The monoisotopic (exact) mass is 684 g/mol. The first kappa shape index (κ1) is 35.8. The Morgan fingerprint density at radius 1 is 0.542 bits per heavy atom. The van der Waals surface area contributed by atoms with Crippen molar-refractivity contribution in [1.82, 2.24) is 0 Å². The van der Waals surface area contributed by atoms with Crippen LogP contribution in [0.2, 0.25) is 10.0 Å². The van der Waals surface area contributed by atoms with E-state index in [0.29, 0.717) is 43.9 Å². The SMILES string of the molecule is CC(=O)C(N=Nc1ccc(-c2ccc(N=NC(C(C)=O)C(=O)Nc3ccc(C)c(C)c3)cc2Cl)c(Cl)c1)C(=O)Nc1ccc(C)c(C)c1. The Labute approximate surface area is 288 Å². The van der Waals surface area contributed by atoms with E-state index in [4.69, 9.17) is 23.2 Å². The van der Waals surface area contributed by atoms with Gasteiger partial charge in [0.1, 0.15) is 0 Å². The molecule has 12 heteroatoms. The molecule has 0 aliphatic rings. The standard InChI is InChI=1S/C36H34Cl2N6O4/c1-19-7-9-25(15-21(19)3)39-35(47)33(23(5)45)43-41-27-11-13-29(31(37)17-27)30-14-12-28(18-32(30)38)42-44-34(24(6)46)36(48)40-26-10-8-20(2)22(4)16-26/h7-18,33-34H,1-6H3,(H,39,47)(H,40,48). The second-order valence-electron chi connectivity index (χ2n) is 11.4. The summed E-state index contributed by atoms with van der Waals surface area (Å²) in [4.78, 5) is 50.1. The smallest absolute Gasteiger partial charge is 0.258 e. The predicted molar refractivity (Wildman–Crippen MR) is 189 cm³/mol. The molecule has 0 aliphatic heterocycles. The third kappa shape index (κ3) is 9.05. The molecule has 2 unspecified atom stereocenters. The number of benzene rings is 4. The van der Waals surface area contributed by atoms with Crippen molar-refractivity contribution in [2.24, 2.45) is 20.5 Å². The maximum Gasteiger partial charge on any atom is 0.258 e. The maximum atomic E-state index is 12.8. The summed E-state index contributed by atoms with van der Waals surface area (Å²) >= 11 is 13.2. The summed E-state index contributed by atoms with van der Waals surface area (Å²) in [5.74, 6) is -2.14. The molecule has 0 radical (unpaired) electrons. The normalized spacial score (nSPS) is 12.6. The van der Waals surface area contributed by atoms with E-state index in [1.807, 2.05) is 52.0 Å². The van der Waals surface area contributed by atoms with Crippen LogP contribution in [-0.2, 0) is 19.2 Å². The molecule has 0 fully saturated rings. The molecule has 2 amide bonds. The van der Waals surface area contributed by atoms with Gasteiger partial charge in [-0.1, -0.05) is 47.5 Å². The zero-order valence-electron chi connectivity index (χ0n) is 27.3. The van der Waals surface area contributed by atoms with Crippen LogP contribution in [0.3, 0.4) is 0 Å². The lowest BCUT2D eigenvalue weighted by Gasteiger charge is -2.11. The number of amides is 2. The summed E-state index contributed by atoms with van der Waals surface area (Å²) in [5.41, 5.74) is 7.06. The minimum Gasteiger partial charge on any atom is -0.324 e. The van der Waals surface area contributed by atoms with E-state index in [2.05, 4.69) is 31.1 Å². The molecular weight excluding hydrogens is 651 g/mol. The van der Waals surface area contributed by atoms with Crippen LogP contribution in [0.15, 0.2) is 93.3 Å². The van der Waals surface area contributed by atoms with Gasteiger partial charge in [-0.2, -0.15) is 20.5 Å². The van der Waals surface area contributed by atoms with E-state index in [0.717, 1.165) is 22.3 Å². The first-order valence-electron chi connectivity index (χ1n) is 14.9. The Morgan fingerprint density at radius 3 is 1.23 bits per heavy atom. The molecule has 0 aliphatic carbocycles. The van der Waals surface area contributed by atoms with Gasteiger partial charge in [-0.25, -0.2) is 0 Å². The fourth-order valence-electron chi connectivity index (χ4n) is 4.51. The van der Waals surface area contributed by atoms with Gasteiger partial charge in [-0.05, 0) is 112 Å². The molecule has 0 bridgehead atoms. The molecule has 48 heavy (non-hydrogen) atoms. The van der Waals surface area contributed by atoms with Crippen molar-refractivity contribution >= 4 is 69.3 Å². The fourth-order valence-corrected chi connectivity index (χ4v) is 5.07. The highest BCUT2D eigenvalue weighted by molar-refractivity contribution is 6.36. The molecule has 4 rings (SSSR count). The summed E-state index contributed by atoms with van der Waals surface area (Å²) in [6.45, 7) is 10.3. The molecule has 4 aromatic carbocycles. The molecule has 0 aromatic heterocycles. The Kier molecular flexibility index (Phi) is 11.7. The molecule has 0 saturated heterocycles. The van der Waals surface area contributed by atoms with Gasteiger partial charge in [-0.15, -0.1) is 0 Å². The van der Waals surface area contributed by atoms with Gasteiger partial charge in [0.2, 0.25) is 12.1 Å². The highest BCUT2D eigenvalue weighted by Crippen LogP contribution is 2.37. The van der Waals surface area contributed by atoms with Gasteiger partial charge in [0, 0.05) is 22.5 Å². The van der Waals surface area contributed by atoms with Gasteiger partial charge in [0.25, 0.3) is 11.8 Å². The molecule has 4 aromatic rings. The maximum absolute atomic E-state index is 12.8. The quantitative estimate of drug-likeness (QED) is 0.120. The first-order chi connectivity index (χ1) is 22.7. The van der Waals surface area contributed by atoms with E-state index < -0.39 is 35.5 Å². The number of nitrogens with zero attached hydrogens (tertiary/aromatic N) is 4. The van der Waals surface area contributed by atoms with Gasteiger partial charge < -0.3 is 10.6 Å². The van der Waals surface area contributed by atoms with Gasteiger partial charge in [-0.3, -0.25) is 19.2 Å². The number of hydrogen-bond acceptors (Lipinski definition) is 8. The minimum absolute atomic E-state index is 0.293. The van der Waals surface area contributed by atoms with Crippen LogP contribution in [-0.4, -0.2) is 35.5 Å². The Hall–Kier alpha value is -5.06. The van der Waals surface area contributed by atoms with Crippen molar-refractivity contribution in [1.29, 1.82) is 0 Å². The molecule has 2 atom stereocenters. The van der Waals surface area contributed by atoms with E-state index in [1.54, 1.807) is 36.4 Å². The Bertz CT molecular complexity index is 1830. The van der Waals surface area contributed by atoms with Gasteiger partial charge in [0.15, 0.2) is 11.6 Å². The van der Waals surface area contributed by atoms with Crippen molar-refractivity contribution in [3.05, 3.63) is 105 Å². The van der Waals surface area contributed by atoms with Gasteiger partial charge >= 0.3 is 0 Å². The zero-order chi connectivity index (χ0) is 35.1. The number of anilines is 2. The summed E-state index contributed by atoms with van der Waals surface area (Å²) < 4.78 is 0. The predicted octanol–water partition coefficient (Wildman–Crippen LogP) is 9.25. The van der Waals surface area contributed by atoms with E-state index in [9.17, 15) is 19.2 Å². The number of aryl methyl sites for hydroxylation is 4. The van der Waals surface area contributed by atoms with Gasteiger partial charge in [0.05, 0.1) is 21.4 Å². The number of rotatable bonds is 11. The lowest BCUT2D eigenvalue weighted by atomic mass is 10.0. The summed E-state index contributed by atoms with van der Waals surface area (Å²) in [6.07, 6.45) is 0. The summed E-state index contributed by atoms with van der Waals surface area (Å²) in [6, 6.07) is 17.9. The molecule has 10 nitrogen and oxygen atoms in total. The average molecular weight is 686 g/mol. The van der Waals surface area contributed by atoms with Crippen molar-refractivity contribution < 1.29 is 19.2 Å². The molecule has 2 N–H and O–H groups in total. The van der Waals surface area contributed by atoms with E-state index in [1.165, 1.54) is 26.0 Å². The average Bonchev–Trinajstić information content (AvgIpc) is 3.01. The summed E-state index contributed by atoms with van der Waals surface area (Å²) in [5, 5.41) is 22.2. The van der Waals surface area contributed by atoms with E-state index in [-0.39, 0.29) is 0 Å². The third-order valence-electron chi connectivity index (χ3n) is 7.59. The van der Waals surface area contributed by atoms with Crippen LogP contribution < -0.4 is 10.6 Å². The Morgan fingerprint density at radius 2 is 0.917 bits per heavy atom. The number of carbonyl (C=O) groups excluding carboxylic acids is 4. The van der Waals surface area contributed by atoms with Crippen LogP contribution in [0.25, 0.3) is 11.1 Å². The van der Waals surface area contributed by atoms with E-state index >= 15 is 0 Å². The number of hydrogen-bond donors (Lipinski definition) is 2. The fraction of sp³-hybridized carbons (Fsp3) is 0.222. The Balaban J connectivity index is 1.47. The number of halogens is 2. The number of carbonyl (C=O) groups is 4. The second kappa shape index (κ2) is 15.7. The number of azo groups is 2. The molecular formula is C36H34Cl2N6O4.